The molecule has 108 valence electrons. The number of aromatic nitrogens is 3. The molecule has 1 atom stereocenters. The van der Waals surface area contributed by atoms with Gasteiger partial charge in [-0.2, -0.15) is 5.10 Å². The maximum atomic E-state index is 6.25. The summed E-state index contributed by atoms with van der Waals surface area (Å²) in [6.45, 7) is 4.17. The normalized spacial score (nSPS) is 12.7. The molecule has 0 bridgehead atoms. The first-order chi connectivity index (χ1) is 9.61. The van der Waals surface area contributed by atoms with E-state index in [-0.39, 0.29) is 6.04 Å². The first-order valence-electron chi connectivity index (χ1n) is 6.87. The lowest BCUT2D eigenvalue weighted by molar-refractivity contribution is 0.407. The molecule has 2 rings (SSSR count). The van der Waals surface area contributed by atoms with Crippen LogP contribution in [0.4, 0.5) is 0 Å². The Morgan fingerprint density at radius 2 is 2.00 bits per heavy atom. The van der Waals surface area contributed by atoms with Crippen LogP contribution < -0.4 is 10.5 Å². The van der Waals surface area contributed by atoms with Gasteiger partial charge in [0, 0.05) is 18.5 Å². The Hall–Kier alpha value is -1.88. The molecular weight excluding hydrogens is 252 g/mol. The molecule has 1 aromatic heterocycles. The van der Waals surface area contributed by atoms with Crippen LogP contribution in [-0.4, -0.2) is 27.9 Å². The van der Waals surface area contributed by atoms with Crippen LogP contribution in [0.25, 0.3) is 0 Å². The zero-order chi connectivity index (χ0) is 14.5. The number of nitrogens with two attached hydrogens (primary N) is 1. The largest absolute Gasteiger partial charge is 0.496 e. The van der Waals surface area contributed by atoms with Gasteiger partial charge in [0.2, 0.25) is 0 Å². The molecule has 0 radical (unpaired) electrons. The minimum Gasteiger partial charge on any atom is -0.496 e. The van der Waals surface area contributed by atoms with Crippen molar-refractivity contribution in [3.63, 3.8) is 0 Å². The van der Waals surface area contributed by atoms with Crippen molar-refractivity contribution in [2.45, 2.75) is 38.8 Å². The topological polar surface area (TPSA) is 66.0 Å². The molecular formula is C15H22N4O. The summed E-state index contributed by atoms with van der Waals surface area (Å²) < 4.78 is 7.27. The molecule has 0 aliphatic rings. The fourth-order valence-corrected chi connectivity index (χ4v) is 2.31. The molecule has 1 aromatic carbocycles. The summed E-state index contributed by atoms with van der Waals surface area (Å²) in [5.74, 6) is 1.82. The molecule has 5 heteroatoms. The zero-order valence-corrected chi connectivity index (χ0v) is 12.3. The highest BCUT2D eigenvalue weighted by atomic mass is 16.5. The lowest BCUT2D eigenvalue weighted by atomic mass is 10.0. The van der Waals surface area contributed by atoms with Crippen molar-refractivity contribution in [3.8, 4) is 5.75 Å². The average Bonchev–Trinajstić information content (AvgIpc) is 2.87. The standard InChI is InChI=1S/C15H22N4O/c1-11(2)19-15(17-10-18-19)9-13(16)8-12-6-4-5-7-14(12)20-3/h4-7,10-11,13H,8-9,16H2,1-3H3. The van der Waals surface area contributed by atoms with E-state index in [1.807, 2.05) is 28.9 Å². The third kappa shape index (κ3) is 3.36. The van der Waals surface area contributed by atoms with Crippen molar-refractivity contribution in [3.05, 3.63) is 42.0 Å². The van der Waals surface area contributed by atoms with Crippen molar-refractivity contribution in [1.29, 1.82) is 0 Å². The SMILES string of the molecule is COc1ccccc1CC(N)Cc1ncnn1C(C)C. The second-order valence-corrected chi connectivity index (χ2v) is 5.19. The van der Waals surface area contributed by atoms with Gasteiger partial charge in [-0.05, 0) is 31.9 Å². The predicted molar refractivity (Wildman–Crippen MR) is 78.8 cm³/mol. The van der Waals surface area contributed by atoms with Crippen LogP contribution in [0.5, 0.6) is 5.75 Å². The van der Waals surface area contributed by atoms with Gasteiger partial charge >= 0.3 is 0 Å². The van der Waals surface area contributed by atoms with Gasteiger partial charge in [-0.15, -0.1) is 0 Å². The number of ether oxygens (including phenoxy) is 1. The molecule has 0 saturated heterocycles. The fraction of sp³-hybridized carbons (Fsp3) is 0.467. The Labute approximate surface area is 119 Å². The average molecular weight is 274 g/mol. The summed E-state index contributed by atoms with van der Waals surface area (Å²) in [5.41, 5.74) is 7.38. The number of hydrogen-bond donors (Lipinski definition) is 1. The van der Waals surface area contributed by atoms with Gasteiger partial charge in [0.25, 0.3) is 0 Å². The molecule has 0 amide bonds. The smallest absolute Gasteiger partial charge is 0.138 e. The lowest BCUT2D eigenvalue weighted by Crippen LogP contribution is -2.27. The Morgan fingerprint density at radius 1 is 1.25 bits per heavy atom. The molecule has 2 aromatic rings. The number of hydrogen-bond acceptors (Lipinski definition) is 4. The van der Waals surface area contributed by atoms with Crippen LogP contribution in [0.1, 0.15) is 31.3 Å². The van der Waals surface area contributed by atoms with Gasteiger partial charge in [-0.1, -0.05) is 18.2 Å². The quantitative estimate of drug-likeness (QED) is 0.874. The number of rotatable bonds is 6. The van der Waals surface area contributed by atoms with Crippen molar-refractivity contribution in [1.82, 2.24) is 14.8 Å². The Bertz CT molecular complexity index is 550. The van der Waals surface area contributed by atoms with Crippen LogP contribution in [0.3, 0.4) is 0 Å². The van der Waals surface area contributed by atoms with Crippen molar-refractivity contribution in [2.75, 3.05) is 7.11 Å². The molecule has 0 saturated carbocycles. The van der Waals surface area contributed by atoms with Crippen molar-refractivity contribution in [2.24, 2.45) is 5.73 Å². The van der Waals surface area contributed by atoms with E-state index < -0.39 is 0 Å². The second kappa shape index (κ2) is 6.52. The summed E-state index contributed by atoms with van der Waals surface area (Å²) in [6.07, 6.45) is 3.05. The fourth-order valence-electron chi connectivity index (χ4n) is 2.31. The second-order valence-electron chi connectivity index (χ2n) is 5.19. The van der Waals surface area contributed by atoms with E-state index in [9.17, 15) is 0 Å². The Morgan fingerprint density at radius 3 is 2.70 bits per heavy atom. The Kier molecular flexibility index (Phi) is 4.74. The number of para-hydroxylation sites is 1. The number of benzene rings is 1. The molecule has 2 N–H and O–H groups in total. The van der Waals surface area contributed by atoms with Crippen LogP contribution in [0, 0.1) is 0 Å². The predicted octanol–water partition coefficient (Wildman–Crippen LogP) is 1.98. The minimum absolute atomic E-state index is 0.00648. The zero-order valence-electron chi connectivity index (χ0n) is 12.3. The van der Waals surface area contributed by atoms with E-state index in [4.69, 9.17) is 10.5 Å². The van der Waals surface area contributed by atoms with Gasteiger partial charge in [0.15, 0.2) is 0 Å². The number of methoxy groups -OCH3 is 1. The first-order valence-corrected chi connectivity index (χ1v) is 6.87. The van der Waals surface area contributed by atoms with E-state index >= 15 is 0 Å². The van der Waals surface area contributed by atoms with Crippen molar-refractivity contribution < 1.29 is 4.74 Å². The molecule has 1 heterocycles. The molecule has 20 heavy (non-hydrogen) atoms. The van der Waals surface area contributed by atoms with Gasteiger partial charge in [-0.25, -0.2) is 9.67 Å². The monoisotopic (exact) mass is 274 g/mol. The minimum atomic E-state index is -0.00648. The molecule has 0 spiro atoms. The third-order valence-electron chi connectivity index (χ3n) is 3.26. The van der Waals surface area contributed by atoms with Crippen LogP contribution >= 0.6 is 0 Å². The van der Waals surface area contributed by atoms with Crippen LogP contribution in [0.2, 0.25) is 0 Å². The van der Waals surface area contributed by atoms with Crippen molar-refractivity contribution >= 4 is 0 Å². The summed E-state index contributed by atoms with van der Waals surface area (Å²) in [5, 5.41) is 4.23. The maximum absolute atomic E-state index is 6.25. The summed E-state index contributed by atoms with van der Waals surface area (Å²) in [6, 6.07) is 8.26. The lowest BCUT2D eigenvalue weighted by Gasteiger charge is -2.15. The molecule has 0 aliphatic carbocycles. The molecule has 5 nitrogen and oxygen atoms in total. The van der Waals surface area contributed by atoms with Gasteiger partial charge in [0.05, 0.1) is 7.11 Å². The highest BCUT2D eigenvalue weighted by Crippen LogP contribution is 2.19. The summed E-state index contributed by atoms with van der Waals surface area (Å²) >= 11 is 0. The van der Waals surface area contributed by atoms with E-state index in [1.54, 1.807) is 13.4 Å². The van der Waals surface area contributed by atoms with E-state index in [1.165, 1.54) is 0 Å². The molecule has 0 aliphatic heterocycles. The third-order valence-corrected chi connectivity index (χ3v) is 3.26. The highest BCUT2D eigenvalue weighted by molar-refractivity contribution is 5.33. The van der Waals surface area contributed by atoms with Crippen LogP contribution in [-0.2, 0) is 12.8 Å². The summed E-state index contributed by atoms with van der Waals surface area (Å²) in [4.78, 5) is 4.30. The van der Waals surface area contributed by atoms with Gasteiger partial charge in [-0.3, -0.25) is 0 Å². The Balaban J connectivity index is 2.05. The van der Waals surface area contributed by atoms with E-state index in [0.717, 1.165) is 23.6 Å². The maximum Gasteiger partial charge on any atom is 0.138 e. The van der Waals surface area contributed by atoms with Crippen LogP contribution in [0.15, 0.2) is 30.6 Å². The summed E-state index contributed by atoms with van der Waals surface area (Å²) in [7, 11) is 1.68. The van der Waals surface area contributed by atoms with E-state index in [2.05, 4.69) is 23.9 Å². The molecule has 1 unspecified atom stereocenters. The van der Waals surface area contributed by atoms with Gasteiger partial charge in [0.1, 0.15) is 17.9 Å². The van der Waals surface area contributed by atoms with E-state index in [0.29, 0.717) is 12.5 Å². The molecule has 0 fully saturated rings. The first kappa shape index (κ1) is 14.5. The number of nitrogens with zero attached hydrogens (tertiary/aromatic N) is 3. The highest BCUT2D eigenvalue weighted by Gasteiger charge is 2.14. The van der Waals surface area contributed by atoms with Gasteiger partial charge < -0.3 is 10.5 Å².